The van der Waals surface area contributed by atoms with Crippen molar-refractivity contribution in [1.29, 1.82) is 0 Å². The van der Waals surface area contributed by atoms with Gasteiger partial charge in [-0.3, -0.25) is 4.79 Å². The number of pyridine rings is 1. The van der Waals surface area contributed by atoms with Gasteiger partial charge in [-0.15, -0.1) is 0 Å². The molecule has 2 aromatic heterocycles. The molecule has 76 valence electrons. The molecule has 0 unspecified atom stereocenters. The molecule has 0 saturated heterocycles. The van der Waals surface area contributed by atoms with Crippen molar-refractivity contribution in [3.63, 3.8) is 0 Å². The topological polar surface area (TPSA) is 55.1 Å². The third-order valence-electron chi connectivity index (χ3n) is 2.45. The summed E-state index contributed by atoms with van der Waals surface area (Å²) in [6.07, 6.45) is 3.74. The van der Waals surface area contributed by atoms with E-state index in [2.05, 4.69) is 10.3 Å². The number of amides is 1. The van der Waals surface area contributed by atoms with Crippen molar-refractivity contribution < 1.29 is 9.21 Å². The van der Waals surface area contributed by atoms with Crippen molar-refractivity contribution in [2.24, 2.45) is 0 Å². The molecule has 15 heavy (non-hydrogen) atoms. The Hall–Kier alpha value is -1.84. The summed E-state index contributed by atoms with van der Waals surface area (Å²) >= 11 is 0. The smallest absolute Gasteiger partial charge is 0.270 e. The minimum atomic E-state index is -0.0967. The molecule has 0 aromatic carbocycles. The quantitative estimate of drug-likeness (QED) is 0.806. The normalized spacial score (nSPS) is 15.5. The van der Waals surface area contributed by atoms with E-state index in [1.807, 2.05) is 0 Å². The van der Waals surface area contributed by atoms with Gasteiger partial charge in [0.15, 0.2) is 5.58 Å². The predicted molar refractivity (Wildman–Crippen MR) is 54.5 cm³/mol. The largest absolute Gasteiger partial charge is 0.463 e. The Bertz CT molecular complexity index is 514. The highest BCUT2D eigenvalue weighted by Crippen LogP contribution is 2.19. The average Bonchev–Trinajstić information content (AvgIpc) is 2.94. The molecule has 4 heteroatoms. The number of aromatic nitrogens is 1. The van der Waals surface area contributed by atoms with Gasteiger partial charge in [-0.25, -0.2) is 4.98 Å². The van der Waals surface area contributed by atoms with Gasteiger partial charge in [0.05, 0.1) is 6.26 Å². The van der Waals surface area contributed by atoms with Crippen LogP contribution in [0.1, 0.15) is 23.3 Å². The van der Waals surface area contributed by atoms with Crippen molar-refractivity contribution in [3.8, 4) is 0 Å². The van der Waals surface area contributed by atoms with Gasteiger partial charge in [0.2, 0.25) is 0 Å². The van der Waals surface area contributed by atoms with E-state index in [0.29, 0.717) is 17.3 Å². The molecular formula is C11H10N2O2. The Balaban J connectivity index is 1.91. The predicted octanol–water partition coefficient (Wildman–Crippen LogP) is 1.72. The molecule has 1 fully saturated rings. The standard InChI is InChI=1S/C11H10N2O2/c14-11(12-7-1-2-7)9-3-4-10-8(13-9)5-6-15-10/h3-7H,1-2H2,(H,12,14). The van der Waals surface area contributed by atoms with Gasteiger partial charge < -0.3 is 9.73 Å². The third kappa shape index (κ3) is 1.58. The van der Waals surface area contributed by atoms with Gasteiger partial charge in [-0.2, -0.15) is 0 Å². The van der Waals surface area contributed by atoms with Crippen LogP contribution in [-0.4, -0.2) is 16.9 Å². The van der Waals surface area contributed by atoms with E-state index in [1.165, 1.54) is 0 Å². The zero-order valence-electron chi connectivity index (χ0n) is 8.06. The van der Waals surface area contributed by atoms with E-state index in [1.54, 1.807) is 24.5 Å². The average molecular weight is 202 g/mol. The monoisotopic (exact) mass is 202 g/mol. The Kier molecular flexibility index (Phi) is 1.74. The van der Waals surface area contributed by atoms with Gasteiger partial charge >= 0.3 is 0 Å². The molecule has 1 aliphatic rings. The van der Waals surface area contributed by atoms with E-state index in [4.69, 9.17) is 4.42 Å². The molecule has 1 amide bonds. The van der Waals surface area contributed by atoms with Crippen molar-refractivity contribution in [1.82, 2.24) is 10.3 Å². The number of carbonyl (C=O) groups excluding carboxylic acids is 1. The first-order chi connectivity index (χ1) is 7.33. The molecule has 1 aliphatic carbocycles. The Labute approximate surface area is 86.3 Å². The van der Waals surface area contributed by atoms with Crippen LogP contribution in [-0.2, 0) is 0 Å². The first kappa shape index (κ1) is 8.47. The highest BCUT2D eigenvalue weighted by molar-refractivity contribution is 5.94. The number of furan rings is 1. The highest BCUT2D eigenvalue weighted by Gasteiger charge is 2.24. The first-order valence-corrected chi connectivity index (χ1v) is 4.98. The summed E-state index contributed by atoms with van der Waals surface area (Å²) in [4.78, 5) is 15.9. The molecule has 0 spiro atoms. The molecule has 3 rings (SSSR count). The lowest BCUT2D eigenvalue weighted by Gasteiger charge is -2.01. The minimum absolute atomic E-state index is 0.0967. The van der Waals surface area contributed by atoms with Crippen LogP contribution >= 0.6 is 0 Å². The number of nitrogens with one attached hydrogen (secondary N) is 1. The van der Waals surface area contributed by atoms with E-state index >= 15 is 0 Å². The fourth-order valence-electron chi connectivity index (χ4n) is 1.47. The summed E-state index contributed by atoms with van der Waals surface area (Å²) in [6.45, 7) is 0. The Morgan fingerprint density at radius 3 is 3.07 bits per heavy atom. The number of hydrogen-bond acceptors (Lipinski definition) is 3. The minimum Gasteiger partial charge on any atom is -0.463 e. The molecule has 0 atom stereocenters. The molecule has 4 nitrogen and oxygen atoms in total. The van der Waals surface area contributed by atoms with Crippen molar-refractivity contribution in [3.05, 3.63) is 30.2 Å². The maximum atomic E-state index is 11.7. The zero-order chi connectivity index (χ0) is 10.3. The fraction of sp³-hybridized carbons (Fsp3) is 0.273. The molecular weight excluding hydrogens is 192 g/mol. The maximum absolute atomic E-state index is 11.7. The van der Waals surface area contributed by atoms with Gasteiger partial charge in [-0.05, 0) is 25.0 Å². The summed E-state index contributed by atoms with van der Waals surface area (Å²) in [5.41, 5.74) is 1.88. The summed E-state index contributed by atoms with van der Waals surface area (Å²) in [5.74, 6) is -0.0967. The second-order valence-electron chi connectivity index (χ2n) is 3.75. The van der Waals surface area contributed by atoms with Crippen molar-refractivity contribution in [2.45, 2.75) is 18.9 Å². The summed E-state index contributed by atoms with van der Waals surface area (Å²) in [6, 6.07) is 5.57. The maximum Gasteiger partial charge on any atom is 0.270 e. The lowest BCUT2D eigenvalue weighted by Crippen LogP contribution is -2.26. The van der Waals surface area contributed by atoms with Gasteiger partial charge in [0.1, 0.15) is 11.2 Å². The van der Waals surface area contributed by atoms with Crippen LogP contribution in [0.15, 0.2) is 28.9 Å². The number of fused-ring (bicyclic) bond motifs is 1. The molecule has 2 heterocycles. The Morgan fingerprint density at radius 1 is 1.40 bits per heavy atom. The number of rotatable bonds is 2. The van der Waals surface area contributed by atoms with Crippen LogP contribution < -0.4 is 5.32 Å². The van der Waals surface area contributed by atoms with Gasteiger partial charge in [-0.1, -0.05) is 0 Å². The highest BCUT2D eigenvalue weighted by atomic mass is 16.3. The van der Waals surface area contributed by atoms with Crippen LogP contribution in [0.2, 0.25) is 0 Å². The number of nitrogens with zero attached hydrogens (tertiary/aromatic N) is 1. The Morgan fingerprint density at radius 2 is 2.27 bits per heavy atom. The van der Waals surface area contributed by atoms with Crippen LogP contribution in [0.5, 0.6) is 0 Å². The molecule has 2 aromatic rings. The molecule has 0 bridgehead atoms. The lowest BCUT2D eigenvalue weighted by molar-refractivity contribution is 0.0946. The van der Waals surface area contributed by atoms with E-state index < -0.39 is 0 Å². The zero-order valence-corrected chi connectivity index (χ0v) is 8.06. The van der Waals surface area contributed by atoms with Crippen LogP contribution in [0.4, 0.5) is 0 Å². The summed E-state index contributed by atoms with van der Waals surface area (Å²) < 4.78 is 5.15. The second-order valence-corrected chi connectivity index (χ2v) is 3.75. The van der Waals surface area contributed by atoms with Crippen molar-refractivity contribution in [2.75, 3.05) is 0 Å². The fourth-order valence-corrected chi connectivity index (χ4v) is 1.47. The third-order valence-corrected chi connectivity index (χ3v) is 2.45. The van der Waals surface area contributed by atoms with Crippen LogP contribution in [0.25, 0.3) is 11.1 Å². The second kappa shape index (κ2) is 3.08. The molecule has 0 radical (unpaired) electrons. The SMILES string of the molecule is O=C(NC1CC1)c1ccc2occc2n1. The number of hydrogen-bond donors (Lipinski definition) is 1. The number of carbonyl (C=O) groups is 1. The molecule has 1 N–H and O–H groups in total. The van der Waals surface area contributed by atoms with Crippen molar-refractivity contribution >= 4 is 17.0 Å². The lowest BCUT2D eigenvalue weighted by atomic mass is 10.3. The molecule has 1 saturated carbocycles. The summed E-state index contributed by atoms with van der Waals surface area (Å²) in [5, 5.41) is 2.89. The van der Waals surface area contributed by atoms with Gasteiger partial charge in [0, 0.05) is 12.1 Å². The van der Waals surface area contributed by atoms with E-state index in [-0.39, 0.29) is 5.91 Å². The van der Waals surface area contributed by atoms with Gasteiger partial charge in [0.25, 0.3) is 5.91 Å². The van der Waals surface area contributed by atoms with E-state index in [9.17, 15) is 4.79 Å². The molecule has 0 aliphatic heterocycles. The van der Waals surface area contributed by atoms with Crippen LogP contribution in [0.3, 0.4) is 0 Å². The first-order valence-electron chi connectivity index (χ1n) is 4.98. The van der Waals surface area contributed by atoms with E-state index in [0.717, 1.165) is 18.4 Å². The van der Waals surface area contributed by atoms with Crippen LogP contribution in [0, 0.1) is 0 Å². The summed E-state index contributed by atoms with van der Waals surface area (Å²) in [7, 11) is 0.